The molecule has 1 saturated heterocycles. The molecule has 0 spiro atoms. The summed E-state index contributed by atoms with van der Waals surface area (Å²) in [4.78, 5) is 36.8. The largest absolute Gasteiger partial charge is 0.480 e. The Hall–Kier alpha value is -1.32. The molecule has 2 amide bonds. The van der Waals surface area contributed by atoms with E-state index in [9.17, 15) is 14.4 Å². The summed E-state index contributed by atoms with van der Waals surface area (Å²) in [6.07, 6.45) is 3.28. The topological polar surface area (TPSA) is 133 Å². The molecule has 5 N–H and O–H groups in total. The van der Waals surface area contributed by atoms with E-state index in [1.165, 1.54) is 16.7 Å². The Morgan fingerprint density at radius 3 is 2.68 bits per heavy atom. The highest BCUT2D eigenvalue weighted by atomic mass is 32.2. The van der Waals surface area contributed by atoms with Gasteiger partial charge in [0.25, 0.3) is 0 Å². The van der Waals surface area contributed by atoms with Crippen LogP contribution >= 0.6 is 11.8 Å². The first kappa shape index (κ1) is 18.7. The smallest absolute Gasteiger partial charge is 0.326 e. The minimum atomic E-state index is -1.09. The normalized spacial score (nSPS) is 20.5. The Morgan fingerprint density at radius 2 is 2.14 bits per heavy atom. The van der Waals surface area contributed by atoms with E-state index in [4.69, 9.17) is 15.9 Å². The van der Waals surface area contributed by atoms with Gasteiger partial charge in [-0.3, -0.25) is 9.59 Å². The zero-order valence-electron chi connectivity index (χ0n) is 12.5. The second-order valence-electron chi connectivity index (χ2n) is 5.16. The van der Waals surface area contributed by atoms with Gasteiger partial charge < -0.3 is 26.2 Å². The third-order valence-electron chi connectivity index (χ3n) is 3.58. The highest BCUT2D eigenvalue weighted by molar-refractivity contribution is 7.98. The first-order chi connectivity index (χ1) is 10.4. The van der Waals surface area contributed by atoms with E-state index in [0.29, 0.717) is 31.6 Å². The van der Waals surface area contributed by atoms with Crippen molar-refractivity contribution in [2.75, 3.05) is 25.2 Å². The van der Waals surface area contributed by atoms with Crippen LogP contribution in [0.1, 0.15) is 19.3 Å². The maximum atomic E-state index is 12.3. The van der Waals surface area contributed by atoms with E-state index in [1.807, 2.05) is 6.26 Å². The quantitative estimate of drug-likeness (QED) is 0.430. The van der Waals surface area contributed by atoms with Crippen molar-refractivity contribution in [2.45, 2.75) is 37.4 Å². The van der Waals surface area contributed by atoms with Gasteiger partial charge in [-0.2, -0.15) is 11.8 Å². The lowest BCUT2D eigenvalue weighted by molar-refractivity contribution is -0.144. The number of carboxylic acids is 1. The van der Waals surface area contributed by atoms with E-state index in [2.05, 4.69) is 5.32 Å². The van der Waals surface area contributed by atoms with Crippen LogP contribution in [0.2, 0.25) is 0 Å². The summed E-state index contributed by atoms with van der Waals surface area (Å²) in [7, 11) is 0. The van der Waals surface area contributed by atoms with Gasteiger partial charge in [0.2, 0.25) is 11.8 Å². The number of aliphatic hydroxyl groups is 1. The van der Waals surface area contributed by atoms with E-state index in [1.54, 1.807) is 0 Å². The Labute approximate surface area is 133 Å². The number of nitrogens with zero attached hydrogens (tertiary/aromatic N) is 1. The molecule has 9 heteroatoms. The zero-order chi connectivity index (χ0) is 16.7. The fourth-order valence-electron chi connectivity index (χ4n) is 2.36. The molecular formula is C13H23N3O5S. The SMILES string of the molecule is CSCC[C@H](NC(=O)[C@@H]1CCCN1C(=O)[C@@H](N)CO)C(=O)O. The minimum Gasteiger partial charge on any atom is -0.480 e. The number of aliphatic hydroxyl groups excluding tert-OH is 1. The molecule has 1 heterocycles. The molecule has 1 fully saturated rings. The summed E-state index contributed by atoms with van der Waals surface area (Å²) in [5.41, 5.74) is 5.50. The molecule has 0 aromatic rings. The average Bonchev–Trinajstić information content (AvgIpc) is 2.98. The van der Waals surface area contributed by atoms with Crippen LogP contribution in [0.15, 0.2) is 0 Å². The van der Waals surface area contributed by atoms with Crippen molar-refractivity contribution in [1.82, 2.24) is 10.2 Å². The number of carboxylic acid groups (broad SMARTS) is 1. The van der Waals surface area contributed by atoms with E-state index >= 15 is 0 Å². The maximum absolute atomic E-state index is 12.3. The summed E-state index contributed by atoms with van der Waals surface area (Å²) in [6, 6.07) is -2.74. The van der Waals surface area contributed by atoms with Crippen molar-refractivity contribution in [3.63, 3.8) is 0 Å². The summed E-state index contributed by atoms with van der Waals surface area (Å²) >= 11 is 1.50. The first-order valence-corrected chi connectivity index (χ1v) is 8.50. The number of carbonyl (C=O) groups is 3. The summed E-state index contributed by atoms with van der Waals surface area (Å²) in [5, 5.41) is 20.6. The zero-order valence-corrected chi connectivity index (χ0v) is 13.3. The van der Waals surface area contributed by atoms with Crippen LogP contribution in [0.3, 0.4) is 0 Å². The molecular weight excluding hydrogens is 310 g/mol. The van der Waals surface area contributed by atoms with Crippen LogP contribution in [0, 0.1) is 0 Å². The van der Waals surface area contributed by atoms with Gasteiger partial charge >= 0.3 is 5.97 Å². The molecule has 0 aliphatic carbocycles. The minimum absolute atomic E-state index is 0.319. The molecule has 0 bridgehead atoms. The Bertz CT molecular complexity index is 420. The maximum Gasteiger partial charge on any atom is 0.326 e. The summed E-state index contributed by atoms with van der Waals surface area (Å²) < 4.78 is 0. The molecule has 22 heavy (non-hydrogen) atoms. The predicted octanol–water partition coefficient (Wildman–Crippen LogP) is -1.38. The molecule has 0 radical (unpaired) electrons. The lowest BCUT2D eigenvalue weighted by Gasteiger charge is -2.27. The van der Waals surface area contributed by atoms with Crippen LogP contribution < -0.4 is 11.1 Å². The third kappa shape index (κ3) is 4.85. The van der Waals surface area contributed by atoms with Gasteiger partial charge in [0.15, 0.2) is 0 Å². The molecule has 126 valence electrons. The fraction of sp³-hybridized carbons (Fsp3) is 0.769. The average molecular weight is 333 g/mol. The second kappa shape index (κ2) is 8.96. The fourth-order valence-corrected chi connectivity index (χ4v) is 2.83. The number of likely N-dealkylation sites (tertiary alicyclic amines) is 1. The molecule has 0 saturated carbocycles. The number of hydrogen-bond acceptors (Lipinski definition) is 6. The summed E-state index contributed by atoms with van der Waals surface area (Å²) in [6.45, 7) is -0.109. The van der Waals surface area contributed by atoms with Gasteiger partial charge in [0, 0.05) is 6.54 Å². The Kier molecular flexibility index (Phi) is 7.63. The van der Waals surface area contributed by atoms with Crippen molar-refractivity contribution in [3.8, 4) is 0 Å². The third-order valence-corrected chi connectivity index (χ3v) is 4.22. The molecule has 1 rings (SSSR count). The van der Waals surface area contributed by atoms with Crippen LogP contribution in [0.5, 0.6) is 0 Å². The number of nitrogens with two attached hydrogens (primary N) is 1. The van der Waals surface area contributed by atoms with Crippen LogP contribution in [-0.4, -0.2) is 76.2 Å². The van der Waals surface area contributed by atoms with Gasteiger partial charge in [-0.15, -0.1) is 0 Å². The Balaban J connectivity index is 2.69. The number of aliphatic carboxylic acids is 1. The lowest BCUT2D eigenvalue weighted by atomic mass is 10.1. The van der Waals surface area contributed by atoms with E-state index in [0.717, 1.165) is 0 Å². The lowest BCUT2D eigenvalue weighted by Crippen LogP contribution is -2.54. The van der Waals surface area contributed by atoms with Gasteiger partial charge in [-0.25, -0.2) is 4.79 Å². The van der Waals surface area contributed by atoms with Crippen LogP contribution in [0.4, 0.5) is 0 Å². The molecule has 0 aromatic carbocycles. The predicted molar refractivity (Wildman–Crippen MR) is 82.4 cm³/mol. The van der Waals surface area contributed by atoms with Crippen molar-refractivity contribution in [3.05, 3.63) is 0 Å². The number of hydrogen-bond donors (Lipinski definition) is 4. The highest BCUT2D eigenvalue weighted by Gasteiger charge is 2.37. The monoisotopic (exact) mass is 333 g/mol. The van der Waals surface area contributed by atoms with Gasteiger partial charge in [-0.1, -0.05) is 0 Å². The molecule has 1 aliphatic heterocycles. The van der Waals surface area contributed by atoms with Crippen molar-refractivity contribution < 1.29 is 24.6 Å². The van der Waals surface area contributed by atoms with Crippen molar-refractivity contribution in [2.24, 2.45) is 5.73 Å². The van der Waals surface area contributed by atoms with Gasteiger partial charge in [-0.05, 0) is 31.3 Å². The molecule has 1 aliphatic rings. The van der Waals surface area contributed by atoms with Crippen molar-refractivity contribution >= 4 is 29.5 Å². The van der Waals surface area contributed by atoms with Gasteiger partial charge in [0.05, 0.1) is 6.61 Å². The molecule has 0 unspecified atom stereocenters. The Morgan fingerprint density at radius 1 is 1.45 bits per heavy atom. The van der Waals surface area contributed by atoms with E-state index in [-0.39, 0.29) is 0 Å². The molecule has 8 nitrogen and oxygen atoms in total. The summed E-state index contributed by atoms with van der Waals surface area (Å²) in [5.74, 6) is -1.45. The second-order valence-corrected chi connectivity index (χ2v) is 6.15. The molecule has 3 atom stereocenters. The van der Waals surface area contributed by atoms with Crippen LogP contribution in [-0.2, 0) is 14.4 Å². The number of rotatable bonds is 8. The number of thioether (sulfide) groups is 1. The van der Waals surface area contributed by atoms with Gasteiger partial charge in [0.1, 0.15) is 18.1 Å². The highest BCUT2D eigenvalue weighted by Crippen LogP contribution is 2.18. The number of nitrogens with one attached hydrogen (secondary N) is 1. The number of amides is 2. The standard InChI is InChI=1S/C13H23N3O5S/c1-22-6-4-9(13(20)21)15-11(18)10-3-2-5-16(10)12(19)8(14)7-17/h8-10,17H,2-7,14H2,1H3,(H,15,18)(H,20,21)/t8-,9-,10-/m0/s1. The van der Waals surface area contributed by atoms with E-state index < -0.39 is 42.5 Å². The molecule has 0 aromatic heterocycles. The van der Waals surface area contributed by atoms with Crippen LogP contribution in [0.25, 0.3) is 0 Å². The first-order valence-electron chi connectivity index (χ1n) is 7.11. The number of carbonyl (C=O) groups excluding carboxylic acids is 2. The van der Waals surface area contributed by atoms with Crippen molar-refractivity contribution in [1.29, 1.82) is 0 Å².